The van der Waals surface area contributed by atoms with E-state index in [-0.39, 0.29) is 17.0 Å². The van der Waals surface area contributed by atoms with Crippen LogP contribution in [0.15, 0.2) is 61.9 Å². The van der Waals surface area contributed by atoms with E-state index in [1.165, 1.54) is 5.56 Å². The summed E-state index contributed by atoms with van der Waals surface area (Å²) in [7, 11) is 0. The van der Waals surface area contributed by atoms with Gasteiger partial charge in [0.15, 0.2) is 17.3 Å². The Bertz CT molecular complexity index is 856. The van der Waals surface area contributed by atoms with Crippen molar-refractivity contribution in [1.29, 1.82) is 0 Å². The molecule has 2 aromatic carbocycles. The summed E-state index contributed by atoms with van der Waals surface area (Å²) >= 11 is 6.71. The lowest BCUT2D eigenvalue weighted by Gasteiger charge is -2.18. The van der Waals surface area contributed by atoms with Crippen molar-refractivity contribution in [3.63, 3.8) is 0 Å². The van der Waals surface area contributed by atoms with Crippen LogP contribution in [0, 0.1) is 5.82 Å². The first-order chi connectivity index (χ1) is 11.3. The fourth-order valence-electron chi connectivity index (χ4n) is 2.49. The minimum atomic E-state index is -0.382. The Morgan fingerprint density at radius 2 is 1.29 bits per heavy atom. The summed E-state index contributed by atoms with van der Waals surface area (Å²) in [4.78, 5) is 0. The van der Waals surface area contributed by atoms with Gasteiger partial charge in [0.1, 0.15) is 4.47 Å². The molecule has 1 nitrogen and oxygen atoms in total. The quantitative estimate of drug-likeness (QED) is 0.391. The molecule has 3 aromatic rings. The van der Waals surface area contributed by atoms with Crippen LogP contribution in [0.5, 0.6) is 0 Å². The zero-order chi connectivity index (χ0) is 17.5. The highest BCUT2D eigenvalue weighted by atomic mass is 79.9. The lowest BCUT2D eigenvalue weighted by atomic mass is 9.86. The highest BCUT2D eigenvalue weighted by Gasteiger charge is 2.21. The van der Waals surface area contributed by atoms with Gasteiger partial charge in [-0.25, -0.2) is 4.39 Å². The molecule has 4 heteroatoms. The van der Waals surface area contributed by atoms with Crippen molar-refractivity contribution in [2.75, 3.05) is 0 Å². The van der Waals surface area contributed by atoms with Crippen LogP contribution in [0.4, 0.5) is 4.39 Å². The molecule has 0 spiro atoms. The molecule has 1 aromatic heterocycles. The number of benzene rings is 2. The zero-order valence-corrected chi connectivity index (χ0v) is 16.8. The van der Waals surface area contributed by atoms with E-state index in [2.05, 4.69) is 64.8 Å². The molecule has 24 heavy (non-hydrogen) atoms. The summed E-state index contributed by atoms with van der Waals surface area (Å²) < 4.78 is 21.7. The van der Waals surface area contributed by atoms with E-state index < -0.39 is 0 Å². The summed E-state index contributed by atoms with van der Waals surface area (Å²) in [6.07, 6.45) is 0. The summed E-state index contributed by atoms with van der Waals surface area (Å²) in [6, 6.07) is 15.4. The third kappa shape index (κ3) is 3.35. The van der Waals surface area contributed by atoms with Crippen molar-refractivity contribution in [2.45, 2.75) is 26.2 Å². The summed E-state index contributed by atoms with van der Waals surface area (Å²) in [5.41, 5.74) is 2.85. The van der Waals surface area contributed by atoms with Gasteiger partial charge in [-0.3, -0.25) is 0 Å². The van der Waals surface area contributed by atoms with Gasteiger partial charge in [0.05, 0.1) is 0 Å². The maximum Gasteiger partial charge on any atom is 0.184 e. The van der Waals surface area contributed by atoms with E-state index >= 15 is 0 Å². The van der Waals surface area contributed by atoms with E-state index in [9.17, 15) is 4.39 Å². The second-order valence-electron chi connectivity index (χ2n) is 6.72. The highest BCUT2D eigenvalue weighted by molar-refractivity contribution is 9.10. The number of rotatable bonds is 2. The molecule has 124 valence electrons. The number of hydrogen-bond acceptors (Lipinski definition) is 1. The molecule has 0 amide bonds. The van der Waals surface area contributed by atoms with Gasteiger partial charge in [-0.1, -0.05) is 73.1 Å². The molecular weight excluding hydrogens is 435 g/mol. The Morgan fingerprint density at radius 3 is 1.83 bits per heavy atom. The van der Waals surface area contributed by atoms with Crippen molar-refractivity contribution >= 4 is 31.9 Å². The van der Waals surface area contributed by atoms with Gasteiger partial charge in [-0.05, 0) is 39.0 Å². The van der Waals surface area contributed by atoms with Crippen molar-refractivity contribution in [2.24, 2.45) is 0 Å². The van der Waals surface area contributed by atoms with E-state index in [0.717, 1.165) is 10.0 Å². The monoisotopic (exact) mass is 450 g/mol. The molecule has 0 aliphatic heterocycles. The second kappa shape index (κ2) is 6.49. The molecular formula is C20H17Br2FO. The fourth-order valence-corrected chi connectivity index (χ4v) is 3.24. The average molecular weight is 452 g/mol. The minimum absolute atomic E-state index is 0.0762. The highest BCUT2D eigenvalue weighted by Crippen LogP contribution is 2.40. The van der Waals surface area contributed by atoms with Gasteiger partial charge in [0.25, 0.3) is 0 Å². The SMILES string of the molecule is CC(C)(C)c1ccc(-c2oc(-c3ccc(Br)cc3)c(F)c2Br)cc1. The molecule has 0 saturated carbocycles. The van der Waals surface area contributed by atoms with Crippen LogP contribution in [0.2, 0.25) is 0 Å². The van der Waals surface area contributed by atoms with Gasteiger partial charge < -0.3 is 4.42 Å². The standard InChI is InChI=1S/C20H17Br2FO/c1-20(2,3)14-8-4-12(5-9-14)18-16(22)17(23)19(24-18)13-6-10-15(21)11-7-13/h4-11H,1-3H3. The van der Waals surface area contributed by atoms with Crippen LogP contribution in [-0.4, -0.2) is 0 Å². The third-order valence-corrected chi connectivity index (χ3v) is 5.15. The maximum atomic E-state index is 14.6. The molecule has 3 rings (SSSR count). The first kappa shape index (κ1) is 17.4. The maximum absolute atomic E-state index is 14.6. The van der Waals surface area contributed by atoms with Gasteiger partial charge in [0.2, 0.25) is 0 Å². The molecule has 0 aliphatic carbocycles. The van der Waals surface area contributed by atoms with Crippen molar-refractivity contribution in [3.05, 3.63) is 68.9 Å². The average Bonchev–Trinajstić information content (AvgIpc) is 2.84. The van der Waals surface area contributed by atoms with Gasteiger partial charge in [-0.2, -0.15) is 0 Å². The van der Waals surface area contributed by atoms with Crippen molar-refractivity contribution in [1.82, 2.24) is 0 Å². The van der Waals surface area contributed by atoms with Crippen LogP contribution in [0.25, 0.3) is 22.6 Å². The molecule has 0 aliphatic rings. The first-order valence-electron chi connectivity index (χ1n) is 7.62. The summed E-state index contributed by atoms with van der Waals surface area (Å²) in [5.74, 6) is 0.363. The lowest BCUT2D eigenvalue weighted by molar-refractivity contribution is 0.557. The van der Waals surface area contributed by atoms with Crippen LogP contribution in [0.1, 0.15) is 26.3 Å². The van der Waals surface area contributed by atoms with Gasteiger partial charge >= 0.3 is 0 Å². The largest absolute Gasteiger partial charge is 0.452 e. The second-order valence-corrected chi connectivity index (χ2v) is 8.43. The van der Waals surface area contributed by atoms with Crippen molar-refractivity contribution < 1.29 is 8.81 Å². The summed E-state index contributed by atoms with van der Waals surface area (Å²) in [6.45, 7) is 6.49. The molecule has 0 unspecified atom stereocenters. The number of furan rings is 1. The molecule has 0 bridgehead atoms. The van der Waals surface area contributed by atoms with Crippen molar-refractivity contribution in [3.8, 4) is 22.6 Å². The molecule has 0 radical (unpaired) electrons. The van der Waals surface area contributed by atoms with Crippen LogP contribution in [-0.2, 0) is 5.41 Å². The minimum Gasteiger partial charge on any atom is -0.452 e. The lowest BCUT2D eigenvalue weighted by Crippen LogP contribution is -2.10. The topological polar surface area (TPSA) is 13.1 Å². The molecule has 0 fully saturated rings. The predicted molar refractivity (Wildman–Crippen MR) is 104 cm³/mol. The van der Waals surface area contributed by atoms with E-state index in [0.29, 0.717) is 15.8 Å². The van der Waals surface area contributed by atoms with E-state index in [1.807, 2.05) is 36.4 Å². The predicted octanol–water partition coefficient (Wildman–Crippen LogP) is 7.58. The number of halogens is 3. The summed E-state index contributed by atoms with van der Waals surface area (Å²) in [5, 5.41) is 0. The molecule has 0 saturated heterocycles. The third-order valence-electron chi connectivity index (χ3n) is 3.92. The molecule has 0 N–H and O–H groups in total. The van der Waals surface area contributed by atoms with Gasteiger partial charge in [0, 0.05) is 15.6 Å². The number of hydrogen-bond donors (Lipinski definition) is 0. The molecule has 0 atom stereocenters. The zero-order valence-electron chi connectivity index (χ0n) is 13.7. The van der Waals surface area contributed by atoms with Crippen LogP contribution < -0.4 is 0 Å². The van der Waals surface area contributed by atoms with E-state index in [1.54, 1.807) is 0 Å². The Kier molecular flexibility index (Phi) is 4.71. The van der Waals surface area contributed by atoms with Crippen LogP contribution >= 0.6 is 31.9 Å². The fraction of sp³-hybridized carbons (Fsp3) is 0.200. The smallest absolute Gasteiger partial charge is 0.184 e. The van der Waals surface area contributed by atoms with Gasteiger partial charge in [-0.15, -0.1) is 0 Å². The Morgan fingerprint density at radius 1 is 0.792 bits per heavy atom. The Hall–Kier alpha value is -1.39. The molecule has 1 heterocycles. The van der Waals surface area contributed by atoms with E-state index in [4.69, 9.17) is 4.42 Å². The first-order valence-corrected chi connectivity index (χ1v) is 9.20. The normalized spacial score (nSPS) is 11.8. The Labute approximate surface area is 158 Å². The van der Waals surface area contributed by atoms with Crippen LogP contribution in [0.3, 0.4) is 0 Å². The Balaban J connectivity index is 2.03.